The van der Waals surface area contributed by atoms with E-state index in [1.165, 1.54) is 22.6 Å². The van der Waals surface area contributed by atoms with Crippen LogP contribution in [0.4, 0.5) is 5.69 Å². The lowest BCUT2D eigenvalue weighted by atomic mass is 10.1. The Bertz CT molecular complexity index is 851. The molecule has 5 nitrogen and oxygen atoms in total. The van der Waals surface area contributed by atoms with E-state index in [0.717, 1.165) is 52.0 Å². The Hall–Kier alpha value is -2.66. The number of anilines is 1. The van der Waals surface area contributed by atoms with E-state index in [9.17, 15) is 9.59 Å². The molecule has 2 aliphatic heterocycles. The van der Waals surface area contributed by atoms with Crippen molar-refractivity contribution in [1.29, 1.82) is 0 Å². The number of piperazine rings is 1. The molecule has 2 aliphatic rings. The van der Waals surface area contributed by atoms with Crippen LogP contribution in [0.15, 0.2) is 48.5 Å². The average Bonchev–Trinajstić information content (AvgIpc) is 3.02. The summed E-state index contributed by atoms with van der Waals surface area (Å²) < 4.78 is 0. The second-order valence-electron chi connectivity index (χ2n) is 8.39. The zero-order valence-electron chi connectivity index (χ0n) is 17.8. The largest absolute Gasteiger partial charge is 0.369 e. The predicted molar refractivity (Wildman–Crippen MR) is 120 cm³/mol. The monoisotopic (exact) mass is 405 g/mol. The molecule has 0 unspecified atom stereocenters. The van der Waals surface area contributed by atoms with Crippen LogP contribution in [0, 0.1) is 6.92 Å². The van der Waals surface area contributed by atoms with E-state index >= 15 is 0 Å². The Balaban J connectivity index is 1.11. The molecule has 2 aromatic rings. The topological polar surface area (TPSA) is 43.9 Å². The molecule has 30 heavy (non-hydrogen) atoms. The van der Waals surface area contributed by atoms with Crippen LogP contribution in [0.5, 0.6) is 0 Å². The van der Waals surface area contributed by atoms with Gasteiger partial charge < -0.3 is 4.90 Å². The number of nitrogens with zero attached hydrogens (tertiary/aromatic N) is 3. The molecule has 158 valence electrons. The van der Waals surface area contributed by atoms with Crippen molar-refractivity contribution in [2.24, 2.45) is 0 Å². The predicted octanol–water partition coefficient (Wildman–Crippen LogP) is 3.97. The Morgan fingerprint density at radius 3 is 1.87 bits per heavy atom. The number of rotatable bonds is 8. The van der Waals surface area contributed by atoms with Crippen LogP contribution in [0.1, 0.15) is 52.0 Å². The highest BCUT2D eigenvalue weighted by Gasteiger charge is 2.34. The molecule has 0 saturated carbocycles. The number of unbranched alkanes of at least 4 members (excludes halogenated alkanes) is 3. The molecule has 0 aliphatic carbocycles. The third-order valence-corrected chi connectivity index (χ3v) is 6.26. The third kappa shape index (κ3) is 4.57. The van der Waals surface area contributed by atoms with Gasteiger partial charge in [-0.3, -0.25) is 19.4 Å². The summed E-state index contributed by atoms with van der Waals surface area (Å²) in [5, 5.41) is 0. The lowest BCUT2D eigenvalue weighted by molar-refractivity contribution is 0.0651. The fourth-order valence-corrected chi connectivity index (χ4v) is 4.39. The van der Waals surface area contributed by atoms with Gasteiger partial charge in [0.25, 0.3) is 11.8 Å². The van der Waals surface area contributed by atoms with Crippen molar-refractivity contribution >= 4 is 17.5 Å². The van der Waals surface area contributed by atoms with Gasteiger partial charge in [-0.15, -0.1) is 0 Å². The van der Waals surface area contributed by atoms with E-state index in [1.54, 1.807) is 12.1 Å². The molecule has 0 aromatic heterocycles. The molecule has 0 spiro atoms. The first-order valence-electron chi connectivity index (χ1n) is 11.1. The summed E-state index contributed by atoms with van der Waals surface area (Å²) in [5.41, 5.74) is 3.73. The standard InChI is InChI=1S/C25H31N3O2/c1-20-10-12-21(13-11-20)27-18-16-26(17-19-27)14-6-2-3-7-15-28-24(29)22-8-4-5-9-23(22)25(28)30/h4-5,8-13H,2-3,6-7,14-19H2,1H3. The highest BCUT2D eigenvalue weighted by atomic mass is 16.2. The van der Waals surface area contributed by atoms with E-state index in [4.69, 9.17) is 0 Å². The van der Waals surface area contributed by atoms with Gasteiger partial charge >= 0.3 is 0 Å². The molecule has 0 bridgehead atoms. The molecular weight excluding hydrogens is 374 g/mol. The number of amides is 2. The van der Waals surface area contributed by atoms with Gasteiger partial charge in [0.05, 0.1) is 11.1 Å². The molecule has 0 atom stereocenters. The van der Waals surface area contributed by atoms with Crippen LogP contribution in [0.3, 0.4) is 0 Å². The first-order chi connectivity index (χ1) is 14.6. The molecule has 1 fully saturated rings. The lowest BCUT2D eigenvalue weighted by Gasteiger charge is -2.36. The fourth-order valence-electron chi connectivity index (χ4n) is 4.39. The van der Waals surface area contributed by atoms with Crippen LogP contribution < -0.4 is 4.90 Å². The smallest absolute Gasteiger partial charge is 0.261 e. The maximum Gasteiger partial charge on any atom is 0.261 e. The van der Waals surface area contributed by atoms with Gasteiger partial charge in [-0.05, 0) is 50.6 Å². The van der Waals surface area contributed by atoms with Crippen molar-refractivity contribution in [3.8, 4) is 0 Å². The van der Waals surface area contributed by atoms with Gasteiger partial charge in [0.15, 0.2) is 0 Å². The normalized spacial score (nSPS) is 17.0. The van der Waals surface area contributed by atoms with Crippen LogP contribution in [-0.2, 0) is 0 Å². The number of imide groups is 1. The molecule has 0 radical (unpaired) electrons. The highest BCUT2D eigenvalue weighted by Crippen LogP contribution is 2.23. The molecule has 1 saturated heterocycles. The number of fused-ring (bicyclic) bond motifs is 1. The van der Waals surface area contributed by atoms with Gasteiger partial charge in [0.2, 0.25) is 0 Å². The Morgan fingerprint density at radius 1 is 0.700 bits per heavy atom. The minimum Gasteiger partial charge on any atom is -0.369 e. The van der Waals surface area contributed by atoms with Crippen molar-refractivity contribution in [3.63, 3.8) is 0 Å². The quantitative estimate of drug-likeness (QED) is 0.492. The number of aryl methyl sites for hydroxylation is 1. The second-order valence-corrected chi connectivity index (χ2v) is 8.39. The number of benzene rings is 2. The maximum absolute atomic E-state index is 12.4. The number of carbonyl (C=O) groups is 2. The Kier molecular flexibility index (Phi) is 6.48. The zero-order chi connectivity index (χ0) is 20.9. The fraction of sp³-hybridized carbons (Fsp3) is 0.440. The molecule has 0 N–H and O–H groups in total. The molecule has 5 heteroatoms. The number of hydrogen-bond donors (Lipinski definition) is 0. The van der Waals surface area contributed by atoms with Crippen molar-refractivity contribution in [2.75, 3.05) is 44.2 Å². The van der Waals surface area contributed by atoms with Gasteiger partial charge in [-0.25, -0.2) is 0 Å². The van der Waals surface area contributed by atoms with Gasteiger partial charge in [0.1, 0.15) is 0 Å². The summed E-state index contributed by atoms with van der Waals surface area (Å²) in [6, 6.07) is 15.9. The minimum absolute atomic E-state index is 0.137. The van der Waals surface area contributed by atoms with Crippen LogP contribution in [0.25, 0.3) is 0 Å². The van der Waals surface area contributed by atoms with E-state index < -0.39 is 0 Å². The van der Waals surface area contributed by atoms with Crippen molar-refractivity contribution in [3.05, 3.63) is 65.2 Å². The molecule has 4 rings (SSSR count). The summed E-state index contributed by atoms with van der Waals surface area (Å²) in [4.78, 5) is 31.2. The van der Waals surface area contributed by atoms with Crippen LogP contribution >= 0.6 is 0 Å². The summed E-state index contributed by atoms with van der Waals surface area (Å²) in [6.45, 7) is 8.19. The average molecular weight is 406 g/mol. The van der Waals surface area contributed by atoms with E-state index in [2.05, 4.69) is 41.0 Å². The Morgan fingerprint density at radius 2 is 1.27 bits per heavy atom. The van der Waals surface area contributed by atoms with E-state index in [-0.39, 0.29) is 11.8 Å². The lowest BCUT2D eigenvalue weighted by Crippen LogP contribution is -2.46. The second kappa shape index (κ2) is 9.43. The Labute approximate surface area is 179 Å². The van der Waals surface area contributed by atoms with Gasteiger partial charge in [-0.2, -0.15) is 0 Å². The van der Waals surface area contributed by atoms with Crippen molar-refractivity contribution in [1.82, 2.24) is 9.80 Å². The minimum atomic E-state index is -0.137. The van der Waals surface area contributed by atoms with Crippen LogP contribution in [0.2, 0.25) is 0 Å². The maximum atomic E-state index is 12.4. The third-order valence-electron chi connectivity index (χ3n) is 6.26. The summed E-state index contributed by atoms with van der Waals surface area (Å²) in [7, 11) is 0. The van der Waals surface area contributed by atoms with E-state index in [1.807, 2.05) is 12.1 Å². The number of hydrogen-bond acceptors (Lipinski definition) is 4. The summed E-state index contributed by atoms with van der Waals surface area (Å²) in [5.74, 6) is -0.274. The van der Waals surface area contributed by atoms with Gasteiger partial charge in [-0.1, -0.05) is 42.7 Å². The molecular formula is C25H31N3O2. The van der Waals surface area contributed by atoms with Crippen molar-refractivity contribution in [2.45, 2.75) is 32.6 Å². The first kappa shape index (κ1) is 20.6. The molecule has 2 amide bonds. The molecule has 2 aromatic carbocycles. The highest BCUT2D eigenvalue weighted by molar-refractivity contribution is 6.21. The number of carbonyl (C=O) groups excluding carboxylic acids is 2. The SMILES string of the molecule is Cc1ccc(N2CCN(CCCCCCN3C(=O)c4ccccc4C3=O)CC2)cc1. The molecule has 2 heterocycles. The van der Waals surface area contributed by atoms with E-state index in [0.29, 0.717) is 17.7 Å². The van der Waals surface area contributed by atoms with Crippen LogP contribution in [-0.4, -0.2) is 60.9 Å². The van der Waals surface area contributed by atoms with Gasteiger partial charge in [0, 0.05) is 38.4 Å². The summed E-state index contributed by atoms with van der Waals surface area (Å²) in [6.07, 6.45) is 4.25. The van der Waals surface area contributed by atoms with Crippen molar-refractivity contribution < 1.29 is 9.59 Å². The zero-order valence-corrected chi connectivity index (χ0v) is 17.8. The summed E-state index contributed by atoms with van der Waals surface area (Å²) >= 11 is 0. The first-order valence-corrected chi connectivity index (χ1v) is 11.1.